The maximum Gasteiger partial charge on any atom is 0.253 e. The Bertz CT molecular complexity index is 648. The first-order valence-corrected chi connectivity index (χ1v) is 8.64. The van der Waals surface area contributed by atoms with E-state index in [-0.39, 0.29) is 5.91 Å². The minimum Gasteiger partial charge on any atom is -0.338 e. The van der Waals surface area contributed by atoms with Crippen LogP contribution in [0.15, 0.2) is 34.9 Å². The first-order chi connectivity index (χ1) is 11.8. The van der Waals surface area contributed by atoms with Crippen LogP contribution in [0.5, 0.6) is 0 Å². The molecule has 0 bridgehead atoms. The van der Waals surface area contributed by atoms with E-state index in [9.17, 15) is 4.79 Å². The van der Waals surface area contributed by atoms with Crippen LogP contribution in [0, 0.1) is 0 Å². The van der Waals surface area contributed by atoms with E-state index in [1.807, 2.05) is 35.2 Å². The third-order valence-corrected chi connectivity index (χ3v) is 4.30. The lowest BCUT2D eigenvalue weighted by Gasteiger charge is -2.34. The van der Waals surface area contributed by atoms with E-state index in [0.29, 0.717) is 12.4 Å². The van der Waals surface area contributed by atoms with Gasteiger partial charge in [-0.25, -0.2) is 0 Å². The van der Waals surface area contributed by atoms with Crippen LogP contribution in [0.2, 0.25) is 0 Å². The Morgan fingerprint density at radius 2 is 1.92 bits per heavy atom. The molecule has 0 unspecified atom stereocenters. The fourth-order valence-corrected chi connectivity index (χ4v) is 2.85. The van der Waals surface area contributed by atoms with Gasteiger partial charge in [0.15, 0.2) is 5.82 Å². The van der Waals surface area contributed by atoms with E-state index in [4.69, 9.17) is 4.52 Å². The number of nitrogens with zero attached hydrogens (tertiary/aromatic N) is 4. The average Bonchev–Trinajstić information content (AvgIpc) is 3.08. The van der Waals surface area contributed by atoms with Crippen LogP contribution in [0.3, 0.4) is 0 Å². The SMILES string of the molecule is CCCCc1noc(CN2CCN(C(=O)c3ccccc3)CC2)n1. The summed E-state index contributed by atoms with van der Waals surface area (Å²) < 4.78 is 5.32. The van der Waals surface area contributed by atoms with Gasteiger partial charge in [0, 0.05) is 38.2 Å². The third-order valence-electron chi connectivity index (χ3n) is 4.30. The van der Waals surface area contributed by atoms with Gasteiger partial charge in [0.25, 0.3) is 5.91 Å². The Morgan fingerprint density at radius 3 is 2.62 bits per heavy atom. The Labute approximate surface area is 142 Å². The lowest BCUT2D eigenvalue weighted by atomic mass is 10.2. The van der Waals surface area contributed by atoms with Crippen molar-refractivity contribution in [3.8, 4) is 0 Å². The third kappa shape index (κ3) is 4.20. The van der Waals surface area contributed by atoms with Crippen molar-refractivity contribution in [2.45, 2.75) is 32.7 Å². The lowest BCUT2D eigenvalue weighted by molar-refractivity contribution is 0.0615. The number of carbonyl (C=O) groups excluding carboxylic acids is 1. The van der Waals surface area contributed by atoms with Crippen LogP contribution in [-0.4, -0.2) is 52.0 Å². The van der Waals surface area contributed by atoms with Gasteiger partial charge in [-0.1, -0.05) is 36.7 Å². The summed E-state index contributed by atoms with van der Waals surface area (Å²) in [6.45, 7) is 5.91. The maximum absolute atomic E-state index is 12.4. The quantitative estimate of drug-likeness (QED) is 0.814. The Balaban J connectivity index is 1.48. The number of unbranched alkanes of at least 4 members (excludes halogenated alkanes) is 1. The molecule has 0 aliphatic carbocycles. The summed E-state index contributed by atoms with van der Waals surface area (Å²) in [5, 5.41) is 4.02. The Hall–Kier alpha value is -2.21. The number of rotatable bonds is 6. The zero-order chi connectivity index (χ0) is 16.8. The van der Waals surface area contributed by atoms with E-state index >= 15 is 0 Å². The highest BCUT2D eigenvalue weighted by molar-refractivity contribution is 5.94. The van der Waals surface area contributed by atoms with Gasteiger partial charge in [0.2, 0.25) is 5.89 Å². The number of benzene rings is 1. The van der Waals surface area contributed by atoms with Crippen LogP contribution < -0.4 is 0 Å². The molecular formula is C18H24N4O2. The van der Waals surface area contributed by atoms with Crippen LogP contribution >= 0.6 is 0 Å². The fourth-order valence-electron chi connectivity index (χ4n) is 2.85. The van der Waals surface area contributed by atoms with Crippen LogP contribution in [0.25, 0.3) is 0 Å². The number of piperazine rings is 1. The number of aromatic nitrogens is 2. The number of carbonyl (C=O) groups is 1. The molecule has 0 atom stereocenters. The monoisotopic (exact) mass is 328 g/mol. The summed E-state index contributed by atoms with van der Waals surface area (Å²) >= 11 is 0. The van der Waals surface area contributed by atoms with E-state index in [0.717, 1.165) is 56.8 Å². The molecule has 24 heavy (non-hydrogen) atoms. The Kier molecular flexibility index (Phi) is 5.59. The van der Waals surface area contributed by atoms with Crippen molar-refractivity contribution in [2.75, 3.05) is 26.2 Å². The molecule has 128 valence electrons. The first-order valence-electron chi connectivity index (χ1n) is 8.64. The highest BCUT2D eigenvalue weighted by Crippen LogP contribution is 2.11. The second-order valence-corrected chi connectivity index (χ2v) is 6.14. The van der Waals surface area contributed by atoms with E-state index in [1.165, 1.54) is 0 Å². The maximum atomic E-state index is 12.4. The molecule has 1 saturated heterocycles. The van der Waals surface area contributed by atoms with E-state index < -0.39 is 0 Å². The van der Waals surface area contributed by atoms with Gasteiger partial charge in [-0.15, -0.1) is 0 Å². The lowest BCUT2D eigenvalue weighted by Crippen LogP contribution is -2.48. The zero-order valence-corrected chi connectivity index (χ0v) is 14.1. The predicted octanol–water partition coefficient (Wildman–Crippen LogP) is 2.37. The summed E-state index contributed by atoms with van der Waals surface area (Å²) in [5.41, 5.74) is 0.753. The average molecular weight is 328 g/mol. The largest absolute Gasteiger partial charge is 0.338 e. The number of hydrogen-bond acceptors (Lipinski definition) is 5. The summed E-state index contributed by atoms with van der Waals surface area (Å²) in [6, 6.07) is 9.45. The molecule has 6 nitrogen and oxygen atoms in total. The van der Waals surface area contributed by atoms with Crippen molar-refractivity contribution < 1.29 is 9.32 Å². The van der Waals surface area contributed by atoms with Crippen molar-refractivity contribution in [3.05, 3.63) is 47.6 Å². The molecule has 0 radical (unpaired) electrons. The first kappa shape index (κ1) is 16.6. The van der Waals surface area contributed by atoms with Gasteiger partial charge in [-0.05, 0) is 18.6 Å². The molecular weight excluding hydrogens is 304 g/mol. The topological polar surface area (TPSA) is 62.5 Å². The van der Waals surface area contributed by atoms with E-state index in [1.54, 1.807) is 0 Å². The molecule has 1 aliphatic heterocycles. The smallest absolute Gasteiger partial charge is 0.253 e. The van der Waals surface area contributed by atoms with Gasteiger partial charge < -0.3 is 9.42 Å². The van der Waals surface area contributed by atoms with Gasteiger partial charge >= 0.3 is 0 Å². The molecule has 1 aromatic heterocycles. The molecule has 6 heteroatoms. The second kappa shape index (κ2) is 8.06. The van der Waals surface area contributed by atoms with Crippen molar-refractivity contribution in [1.82, 2.24) is 19.9 Å². The molecule has 0 saturated carbocycles. The molecule has 1 aromatic carbocycles. The standard InChI is InChI=1S/C18H24N4O2/c1-2-3-9-16-19-17(24-20-16)14-21-10-12-22(13-11-21)18(23)15-7-5-4-6-8-15/h4-8H,2-3,9-14H2,1H3. The summed E-state index contributed by atoms with van der Waals surface area (Å²) in [7, 11) is 0. The number of amides is 1. The minimum atomic E-state index is 0.106. The van der Waals surface area contributed by atoms with Crippen molar-refractivity contribution in [2.24, 2.45) is 0 Å². The molecule has 0 spiro atoms. The Morgan fingerprint density at radius 1 is 1.17 bits per heavy atom. The zero-order valence-electron chi connectivity index (χ0n) is 14.1. The highest BCUT2D eigenvalue weighted by Gasteiger charge is 2.23. The normalized spacial score (nSPS) is 15.6. The molecule has 1 amide bonds. The van der Waals surface area contributed by atoms with Crippen molar-refractivity contribution in [1.29, 1.82) is 0 Å². The van der Waals surface area contributed by atoms with Gasteiger partial charge in [-0.2, -0.15) is 4.98 Å². The molecule has 0 N–H and O–H groups in total. The molecule has 2 heterocycles. The molecule has 2 aromatic rings. The number of aryl methyl sites for hydroxylation is 1. The van der Waals surface area contributed by atoms with Crippen molar-refractivity contribution >= 4 is 5.91 Å². The fraction of sp³-hybridized carbons (Fsp3) is 0.500. The molecule has 1 fully saturated rings. The van der Waals surface area contributed by atoms with Gasteiger partial charge in [0.1, 0.15) is 0 Å². The van der Waals surface area contributed by atoms with Crippen LogP contribution in [0.4, 0.5) is 0 Å². The number of hydrogen-bond donors (Lipinski definition) is 0. The predicted molar refractivity (Wildman–Crippen MR) is 90.5 cm³/mol. The van der Waals surface area contributed by atoms with Crippen LogP contribution in [0.1, 0.15) is 41.8 Å². The molecule has 3 rings (SSSR count). The minimum absolute atomic E-state index is 0.106. The van der Waals surface area contributed by atoms with Crippen molar-refractivity contribution in [3.63, 3.8) is 0 Å². The summed E-state index contributed by atoms with van der Waals surface area (Å²) in [4.78, 5) is 21.0. The van der Waals surface area contributed by atoms with E-state index in [2.05, 4.69) is 22.0 Å². The second-order valence-electron chi connectivity index (χ2n) is 6.14. The van der Waals surface area contributed by atoms with Gasteiger partial charge in [-0.3, -0.25) is 9.69 Å². The van der Waals surface area contributed by atoms with Crippen LogP contribution in [-0.2, 0) is 13.0 Å². The summed E-state index contributed by atoms with van der Waals surface area (Å²) in [6.07, 6.45) is 3.08. The summed E-state index contributed by atoms with van der Waals surface area (Å²) in [5.74, 6) is 1.57. The van der Waals surface area contributed by atoms with Gasteiger partial charge in [0.05, 0.1) is 6.54 Å². The highest BCUT2D eigenvalue weighted by atomic mass is 16.5. The molecule has 1 aliphatic rings.